The molecule has 2 atom stereocenters. The van der Waals surface area contributed by atoms with Gasteiger partial charge in [-0.15, -0.1) is 10.2 Å². The van der Waals surface area contributed by atoms with E-state index in [9.17, 15) is 0 Å². The Bertz CT molecular complexity index is 583. The van der Waals surface area contributed by atoms with E-state index < -0.39 is 0 Å². The summed E-state index contributed by atoms with van der Waals surface area (Å²) in [5.74, 6) is 3.10. The highest BCUT2D eigenvalue weighted by Crippen LogP contribution is 2.28. The molecular formula is C15H23N5O. The lowest BCUT2D eigenvalue weighted by atomic mass is 10.0. The van der Waals surface area contributed by atoms with E-state index in [4.69, 9.17) is 4.42 Å². The molecule has 0 aromatic carbocycles. The first-order valence-electron chi connectivity index (χ1n) is 7.64. The summed E-state index contributed by atoms with van der Waals surface area (Å²) in [6, 6.07) is 0.560. The van der Waals surface area contributed by atoms with Crippen molar-refractivity contribution in [3.63, 3.8) is 0 Å². The summed E-state index contributed by atoms with van der Waals surface area (Å²) >= 11 is 0. The molecule has 6 nitrogen and oxygen atoms in total. The molecule has 3 rings (SSSR count). The molecule has 0 amide bonds. The fourth-order valence-corrected chi connectivity index (χ4v) is 3.06. The maximum absolute atomic E-state index is 5.47. The maximum atomic E-state index is 5.47. The smallest absolute Gasteiger partial charge is 0.216 e. The largest absolute Gasteiger partial charge is 0.426 e. The summed E-state index contributed by atoms with van der Waals surface area (Å²) < 4.78 is 5.47. The molecule has 0 saturated heterocycles. The number of hydrogen-bond donors (Lipinski definition) is 2. The molecule has 0 unspecified atom stereocenters. The number of aromatic amines is 1. The number of H-pyrrole nitrogens is 1. The molecule has 0 bridgehead atoms. The third-order valence-corrected chi connectivity index (χ3v) is 4.31. The summed E-state index contributed by atoms with van der Waals surface area (Å²) in [5.41, 5.74) is 2.24. The number of aryl methyl sites for hydroxylation is 3. The minimum absolute atomic E-state index is 0.560. The highest BCUT2D eigenvalue weighted by Gasteiger charge is 2.26. The van der Waals surface area contributed by atoms with Gasteiger partial charge in [-0.2, -0.15) is 0 Å². The van der Waals surface area contributed by atoms with Gasteiger partial charge in [-0.1, -0.05) is 0 Å². The zero-order valence-corrected chi connectivity index (χ0v) is 12.9. The second-order valence-electron chi connectivity index (χ2n) is 6.07. The van der Waals surface area contributed by atoms with Crippen LogP contribution in [-0.4, -0.2) is 26.2 Å². The van der Waals surface area contributed by atoms with Crippen molar-refractivity contribution in [3.8, 4) is 0 Å². The van der Waals surface area contributed by atoms with E-state index in [1.54, 1.807) is 0 Å². The van der Waals surface area contributed by atoms with E-state index in [1.807, 2.05) is 13.8 Å². The first kappa shape index (κ1) is 14.3. The van der Waals surface area contributed by atoms with E-state index in [0.29, 0.717) is 17.9 Å². The standard InChI is InChI=1S/C15H23N5O/c1-9-10(2)18-14(17-9)8-16-13-5-4-12(6-13)7-15-20-19-11(3)21-15/h12-13,16H,4-8H2,1-3H3,(H,17,18)/t12-,13+/m1/s1. The molecule has 2 heterocycles. The predicted molar refractivity (Wildman–Crippen MR) is 78.8 cm³/mol. The number of nitrogens with one attached hydrogen (secondary N) is 2. The molecule has 2 aromatic heterocycles. The van der Waals surface area contributed by atoms with Crippen LogP contribution in [0.3, 0.4) is 0 Å². The van der Waals surface area contributed by atoms with Crippen LogP contribution in [-0.2, 0) is 13.0 Å². The van der Waals surface area contributed by atoms with Crippen molar-refractivity contribution in [1.82, 2.24) is 25.5 Å². The second kappa shape index (κ2) is 5.97. The van der Waals surface area contributed by atoms with Crippen molar-refractivity contribution >= 4 is 0 Å². The van der Waals surface area contributed by atoms with Gasteiger partial charge in [-0.05, 0) is 39.0 Å². The minimum atomic E-state index is 0.560. The van der Waals surface area contributed by atoms with Crippen molar-refractivity contribution < 1.29 is 4.42 Å². The van der Waals surface area contributed by atoms with Crippen LogP contribution in [0, 0.1) is 26.7 Å². The zero-order chi connectivity index (χ0) is 14.8. The van der Waals surface area contributed by atoms with Crippen LogP contribution in [0.25, 0.3) is 0 Å². The molecular weight excluding hydrogens is 266 g/mol. The van der Waals surface area contributed by atoms with E-state index in [2.05, 4.69) is 32.4 Å². The summed E-state index contributed by atoms with van der Waals surface area (Å²) in [4.78, 5) is 7.82. The average Bonchev–Trinajstić information content (AvgIpc) is 3.12. The Morgan fingerprint density at radius 3 is 2.76 bits per heavy atom. The fourth-order valence-electron chi connectivity index (χ4n) is 3.06. The number of nitrogens with zero attached hydrogens (tertiary/aromatic N) is 3. The molecule has 2 N–H and O–H groups in total. The van der Waals surface area contributed by atoms with E-state index >= 15 is 0 Å². The number of hydrogen-bond acceptors (Lipinski definition) is 5. The van der Waals surface area contributed by atoms with Crippen molar-refractivity contribution in [2.45, 2.75) is 59.0 Å². The van der Waals surface area contributed by atoms with Crippen LogP contribution in [0.4, 0.5) is 0 Å². The molecule has 114 valence electrons. The molecule has 2 aromatic rings. The van der Waals surface area contributed by atoms with Gasteiger partial charge in [0.1, 0.15) is 5.82 Å². The summed E-state index contributed by atoms with van der Waals surface area (Å²) in [6.45, 7) is 6.74. The lowest BCUT2D eigenvalue weighted by Crippen LogP contribution is -2.26. The highest BCUT2D eigenvalue weighted by atomic mass is 16.4. The van der Waals surface area contributed by atoms with Gasteiger partial charge in [0.15, 0.2) is 0 Å². The van der Waals surface area contributed by atoms with E-state index in [-0.39, 0.29) is 0 Å². The summed E-state index contributed by atoms with van der Waals surface area (Å²) in [7, 11) is 0. The van der Waals surface area contributed by atoms with Crippen molar-refractivity contribution in [2.75, 3.05) is 0 Å². The fraction of sp³-hybridized carbons (Fsp3) is 0.667. The lowest BCUT2D eigenvalue weighted by Gasteiger charge is -2.11. The molecule has 1 saturated carbocycles. The summed E-state index contributed by atoms with van der Waals surface area (Å²) in [5, 5.41) is 11.6. The Hall–Kier alpha value is -1.69. The van der Waals surface area contributed by atoms with Crippen LogP contribution < -0.4 is 5.32 Å². The summed E-state index contributed by atoms with van der Waals surface area (Å²) in [6.07, 6.45) is 4.49. The van der Waals surface area contributed by atoms with E-state index in [1.165, 1.54) is 19.3 Å². The third kappa shape index (κ3) is 3.50. The lowest BCUT2D eigenvalue weighted by molar-refractivity contribution is 0.408. The van der Waals surface area contributed by atoms with Crippen molar-refractivity contribution in [3.05, 3.63) is 29.0 Å². The molecule has 21 heavy (non-hydrogen) atoms. The minimum Gasteiger partial charge on any atom is -0.426 e. The number of rotatable bonds is 5. The van der Waals surface area contributed by atoms with Crippen molar-refractivity contribution in [1.29, 1.82) is 0 Å². The topological polar surface area (TPSA) is 79.6 Å². The second-order valence-corrected chi connectivity index (χ2v) is 6.07. The predicted octanol–water partition coefficient (Wildman–Crippen LogP) is 2.22. The molecule has 0 spiro atoms. The van der Waals surface area contributed by atoms with Gasteiger partial charge in [-0.25, -0.2) is 4.98 Å². The van der Waals surface area contributed by atoms with Crippen LogP contribution in [0.2, 0.25) is 0 Å². The van der Waals surface area contributed by atoms with Crippen molar-refractivity contribution in [2.24, 2.45) is 5.92 Å². The normalized spacial score (nSPS) is 22.0. The van der Waals surface area contributed by atoms with Gasteiger partial charge in [0.2, 0.25) is 11.8 Å². The molecule has 1 aliphatic carbocycles. The average molecular weight is 289 g/mol. The van der Waals surface area contributed by atoms with Crippen LogP contribution >= 0.6 is 0 Å². The maximum Gasteiger partial charge on any atom is 0.216 e. The van der Waals surface area contributed by atoms with Gasteiger partial charge in [0.05, 0.1) is 12.2 Å². The Morgan fingerprint density at radius 2 is 2.10 bits per heavy atom. The first-order chi connectivity index (χ1) is 10.1. The highest BCUT2D eigenvalue weighted by molar-refractivity contribution is 5.10. The Morgan fingerprint density at radius 1 is 1.24 bits per heavy atom. The van der Waals surface area contributed by atoms with Crippen LogP contribution in [0.5, 0.6) is 0 Å². The Balaban J connectivity index is 1.46. The molecule has 0 radical (unpaired) electrons. The van der Waals surface area contributed by atoms with Crippen LogP contribution in [0.1, 0.15) is 48.3 Å². The van der Waals surface area contributed by atoms with Gasteiger partial charge in [-0.3, -0.25) is 0 Å². The van der Waals surface area contributed by atoms with Gasteiger partial charge >= 0.3 is 0 Å². The molecule has 1 fully saturated rings. The van der Waals surface area contributed by atoms with Gasteiger partial charge in [0, 0.05) is 25.1 Å². The number of imidazole rings is 1. The first-order valence-corrected chi connectivity index (χ1v) is 7.64. The Labute approximate surface area is 124 Å². The SMILES string of the molecule is Cc1nnc(C[C@@H]2CC[C@H](NCc3nc(C)c(C)[nH]3)C2)o1. The molecule has 1 aliphatic rings. The number of aromatic nitrogens is 4. The third-order valence-electron chi connectivity index (χ3n) is 4.31. The molecule has 0 aliphatic heterocycles. The monoisotopic (exact) mass is 289 g/mol. The molecule has 6 heteroatoms. The quantitative estimate of drug-likeness (QED) is 0.882. The van der Waals surface area contributed by atoms with Gasteiger partial charge < -0.3 is 14.7 Å². The Kier molecular flexibility index (Phi) is 4.05. The van der Waals surface area contributed by atoms with Crippen LogP contribution in [0.15, 0.2) is 4.42 Å². The van der Waals surface area contributed by atoms with E-state index in [0.717, 1.165) is 36.1 Å². The zero-order valence-electron chi connectivity index (χ0n) is 12.9. The van der Waals surface area contributed by atoms with Gasteiger partial charge in [0.25, 0.3) is 0 Å².